The van der Waals surface area contributed by atoms with Gasteiger partial charge in [0.2, 0.25) is 0 Å². The van der Waals surface area contributed by atoms with Crippen molar-refractivity contribution in [2.75, 3.05) is 20.6 Å². The first-order valence-corrected chi connectivity index (χ1v) is 6.02. The van der Waals surface area contributed by atoms with E-state index in [1.165, 1.54) is 12.1 Å². The van der Waals surface area contributed by atoms with E-state index in [0.29, 0.717) is 6.04 Å². The first-order chi connectivity index (χ1) is 7.69. The van der Waals surface area contributed by atoms with Gasteiger partial charge >= 0.3 is 0 Å². The number of hydrogen-bond acceptors (Lipinski definition) is 3. The molecule has 16 heavy (non-hydrogen) atoms. The van der Waals surface area contributed by atoms with Crippen LogP contribution in [0.4, 0.5) is 0 Å². The summed E-state index contributed by atoms with van der Waals surface area (Å²) < 4.78 is 2.22. The molecule has 4 heteroatoms. The summed E-state index contributed by atoms with van der Waals surface area (Å²) >= 11 is 0. The minimum atomic E-state index is 0.649. The molecule has 0 bridgehead atoms. The Morgan fingerprint density at radius 1 is 1.56 bits per heavy atom. The standard InChI is InChI=1S/C12H24N4/c1-5-11(2)15(4)6-7-16-10-14-9-12(16)8-13-3/h9-11,13H,5-8H2,1-4H3. The van der Waals surface area contributed by atoms with Gasteiger partial charge in [0, 0.05) is 31.9 Å². The van der Waals surface area contributed by atoms with Crippen LogP contribution < -0.4 is 5.32 Å². The molecule has 4 nitrogen and oxygen atoms in total. The van der Waals surface area contributed by atoms with E-state index in [0.717, 1.165) is 19.6 Å². The maximum Gasteiger partial charge on any atom is 0.0949 e. The Labute approximate surface area is 98.7 Å². The van der Waals surface area contributed by atoms with Gasteiger partial charge in [-0.05, 0) is 27.4 Å². The van der Waals surface area contributed by atoms with Crippen molar-refractivity contribution in [3.8, 4) is 0 Å². The third kappa shape index (κ3) is 3.61. The zero-order chi connectivity index (χ0) is 12.0. The summed E-state index contributed by atoms with van der Waals surface area (Å²) in [5.74, 6) is 0. The fourth-order valence-electron chi connectivity index (χ4n) is 1.68. The minimum absolute atomic E-state index is 0.649. The van der Waals surface area contributed by atoms with Crippen LogP contribution in [0.15, 0.2) is 12.5 Å². The van der Waals surface area contributed by atoms with E-state index in [2.05, 4.69) is 40.7 Å². The molecule has 92 valence electrons. The molecule has 1 N–H and O–H groups in total. The summed E-state index contributed by atoms with van der Waals surface area (Å²) in [4.78, 5) is 6.58. The molecule has 1 heterocycles. The molecule has 0 spiro atoms. The number of hydrogen-bond donors (Lipinski definition) is 1. The second kappa shape index (κ2) is 6.66. The lowest BCUT2D eigenvalue weighted by atomic mass is 10.2. The molecule has 0 amide bonds. The lowest BCUT2D eigenvalue weighted by Crippen LogP contribution is -2.31. The van der Waals surface area contributed by atoms with Gasteiger partial charge in [0.25, 0.3) is 0 Å². The minimum Gasteiger partial charge on any atom is -0.332 e. The summed E-state index contributed by atoms with van der Waals surface area (Å²) in [5.41, 5.74) is 1.25. The van der Waals surface area contributed by atoms with Crippen molar-refractivity contribution in [3.63, 3.8) is 0 Å². The van der Waals surface area contributed by atoms with Gasteiger partial charge in [0.1, 0.15) is 0 Å². The number of aromatic nitrogens is 2. The van der Waals surface area contributed by atoms with Gasteiger partial charge in [-0.3, -0.25) is 0 Å². The van der Waals surface area contributed by atoms with E-state index in [9.17, 15) is 0 Å². The summed E-state index contributed by atoms with van der Waals surface area (Å²) in [5, 5.41) is 3.16. The van der Waals surface area contributed by atoms with Crippen molar-refractivity contribution < 1.29 is 0 Å². The maximum atomic E-state index is 4.19. The third-order valence-corrected chi connectivity index (χ3v) is 3.19. The molecule has 1 rings (SSSR count). The van der Waals surface area contributed by atoms with E-state index >= 15 is 0 Å². The fraction of sp³-hybridized carbons (Fsp3) is 0.750. The Morgan fingerprint density at radius 2 is 2.31 bits per heavy atom. The van der Waals surface area contributed by atoms with Gasteiger partial charge in [0.05, 0.1) is 12.0 Å². The molecule has 0 saturated heterocycles. The molecule has 0 aliphatic heterocycles. The number of likely N-dealkylation sites (N-methyl/N-ethyl adjacent to an activating group) is 1. The van der Waals surface area contributed by atoms with Crippen molar-refractivity contribution in [1.82, 2.24) is 19.8 Å². The van der Waals surface area contributed by atoms with E-state index in [1.807, 2.05) is 19.6 Å². The Kier molecular flexibility index (Phi) is 5.49. The van der Waals surface area contributed by atoms with Gasteiger partial charge in [-0.15, -0.1) is 0 Å². The summed E-state index contributed by atoms with van der Waals surface area (Å²) in [7, 11) is 4.14. The number of imidazole rings is 1. The molecular weight excluding hydrogens is 200 g/mol. The summed E-state index contributed by atoms with van der Waals surface area (Å²) in [6.07, 6.45) is 5.04. The average molecular weight is 224 g/mol. The molecular formula is C12H24N4. The average Bonchev–Trinajstić information content (AvgIpc) is 2.73. The van der Waals surface area contributed by atoms with Crippen LogP contribution in [-0.2, 0) is 13.1 Å². The number of nitrogens with one attached hydrogen (secondary N) is 1. The van der Waals surface area contributed by atoms with E-state index in [1.54, 1.807) is 0 Å². The van der Waals surface area contributed by atoms with E-state index < -0.39 is 0 Å². The third-order valence-electron chi connectivity index (χ3n) is 3.19. The predicted octanol–water partition coefficient (Wildman–Crippen LogP) is 1.33. The maximum absolute atomic E-state index is 4.19. The second-order valence-electron chi connectivity index (χ2n) is 4.35. The van der Waals surface area contributed by atoms with Crippen LogP contribution in [0.3, 0.4) is 0 Å². The zero-order valence-corrected chi connectivity index (χ0v) is 10.9. The first-order valence-electron chi connectivity index (χ1n) is 6.02. The summed E-state index contributed by atoms with van der Waals surface area (Å²) in [6.45, 7) is 7.46. The highest BCUT2D eigenvalue weighted by molar-refractivity contribution is 4.97. The fourth-order valence-corrected chi connectivity index (χ4v) is 1.68. The highest BCUT2D eigenvalue weighted by atomic mass is 15.2. The van der Waals surface area contributed by atoms with Crippen molar-refractivity contribution in [2.24, 2.45) is 0 Å². The van der Waals surface area contributed by atoms with Crippen LogP contribution in [0.25, 0.3) is 0 Å². The lowest BCUT2D eigenvalue weighted by Gasteiger charge is -2.23. The Balaban J connectivity index is 2.44. The van der Waals surface area contributed by atoms with Crippen LogP contribution in [0.5, 0.6) is 0 Å². The lowest BCUT2D eigenvalue weighted by molar-refractivity contribution is 0.241. The SMILES string of the molecule is CCC(C)N(C)CCn1cncc1CNC. The van der Waals surface area contributed by atoms with Gasteiger partial charge < -0.3 is 14.8 Å². The monoisotopic (exact) mass is 224 g/mol. The Bertz CT molecular complexity index is 295. The quantitative estimate of drug-likeness (QED) is 0.758. The van der Waals surface area contributed by atoms with Crippen LogP contribution in [-0.4, -0.2) is 41.1 Å². The largest absolute Gasteiger partial charge is 0.332 e. The topological polar surface area (TPSA) is 33.1 Å². The molecule has 1 aromatic heterocycles. The van der Waals surface area contributed by atoms with E-state index in [4.69, 9.17) is 0 Å². The van der Waals surface area contributed by atoms with Crippen LogP contribution >= 0.6 is 0 Å². The molecule has 0 aliphatic carbocycles. The molecule has 0 aromatic carbocycles. The van der Waals surface area contributed by atoms with Crippen LogP contribution in [0, 0.1) is 0 Å². The first kappa shape index (κ1) is 13.2. The Morgan fingerprint density at radius 3 is 2.94 bits per heavy atom. The molecule has 0 saturated carbocycles. The molecule has 1 aromatic rings. The smallest absolute Gasteiger partial charge is 0.0949 e. The highest BCUT2D eigenvalue weighted by Crippen LogP contribution is 2.03. The van der Waals surface area contributed by atoms with Crippen molar-refractivity contribution in [1.29, 1.82) is 0 Å². The summed E-state index contributed by atoms with van der Waals surface area (Å²) in [6, 6.07) is 0.649. The van der Waals surface area contributed by atoms with Gasteiger partial charge in [-0.1, -0.05) is 6.92 Å². The van der Waals surface area contributed by atoms with Crippen LogP contribution in [0.1, 0.15) is 26.0 Å². The van der Waals surface area contributed by atoms with Gasteiger partial charge in [-0.2, -0.15) is 0 Å². The number of nitrogens with zero attached hydrogens (tertiary/aromatic N) is 3. The highest BCUT2D eigenvalue weighted by Gasteiger charge is 2.07. The molecule has 0 radical (unpaired) electrons. The molecule has 0 fully saturated rings. The van der Waals surface area contributed by atoms with Crippen LogP contribution in [0.2, 0.25) is 0 Å². The predicted molar refractivity (Wildman–Crippen MR) is 67.4 cm³/mol. The molecule has 1 unspecified atom stereocenters. The molecule has 1 atom stereocenters. The zero-order valence-electron chi connectivity index (χ0n) is 10.9. The second-order valence-corrected chi connectivity index (χ2v) is 4.35. The number of rotatable bonds is 7. The van der Waals surface area contributed by atoms with Gasteiger partial charge in [-0.25, -0.2) is 4.98 Å². The van der Waals surface area contributed by atoms with Crippen molar-refractivity contribution in [3.05, 3.63) is 18.2 Å². The van der Waals surface area contributed by atoms with Gasteiger partial charge in [0.15, 0.2) is 0 Å². The normalized spacial score (nSPS) is 13.3. The molecule has 0 aliphatic rings. The van der Waals surface area contributed by atoms with E-state index in [-0.39, 0.29) is 0 Å². The Hall–Kier alpha value is -0.870. The van der Waals surface area contributed by atoms with Crippen molar-refractivity contribution >= 4 is 0 Å². The van der Waals surface area contributed by atoms with Crippen molar-refractivity contribution in [2.45, 2.75) is 39.4 Å².